The van der Waals surface area contributed by atoms with Crippen LogP contribution in [-0.4, -0.2) is 86.5 Å². The number of hydrogen-bond donors (Lipinski definition) is 2. The lowest BCUT2D eigenvalue weighted by molar-refractivity contribution is -0.0136. The van der Waals surface area contributed by atoms with Gasteiger partial charge in [-0.2, -0.15) is 5.10 Å². The third-order valence-corrected chi connectivity index (χ3v) is 6.56. The third-order valence-electron chi connectivity index (χ3n) is 6.56. The molecule has 35 heavy (non-hydrogen) atoms. The molecule has 3 aliphatic heterocycles. The van der Waals surface area contributed by atoms with Crippen LogP contribution in [0.4, 0.5) is 10.7 Å². The maximum atomic E-state index is 12.4. The first-order chi connectivity index (χ1) is 16.8. The Morgan fingerprint density at radius 3 is 2.74 bits per heavy atom. The highest BCUT2D eigenvalue weighted by Crippen LogP contribution is 2.35. The quantitative estimate of drug-likeness (QED) is 0.673. The molecule has 2 saturated heterocycles. The highest BCUT2D eigenvalue weighted by molar-refractivity contribution is 5.68. The molecule has 5 rings (SSSR count). The summed E-state index contributed by atoms with van der Waals surface area (Å²) in [6, 6.07) is 1.92. The molecule has 2 N–H and O–H groups in total. The van der Waals surface area contributed by atoms with E-state index in [1.165, 1.54) is 0 Å². The molecule has 2 aromatic heterocycles. The van der Waals surface area contributed by atoms with E-state index >= 15 is 0 Å². The van der Waals surface area contributed by atoms with Gasteiger partial charge in [-0.3, -0.25) is 4.68 Å². The Morgan fingerprint density at radius 2 is 2.00 bits per heavy atom. The first-order valence-corrected chi connectivity index (χ1v) is 12.3. The predicted octanol–water partition coefficient (Wildman–Crippen LogP) is 2.41. The molecule has 11 heteroatoms. The summed E-state index contributed by atoms with van der Waals surface area (Å²) < 4.78 is 18.7. The van der Waals surface area contributed by atoms with Crippen LogP contribution in [0.1, 0.15) is 51.6 Å². The lowest BCUT2D eigenvalue weighted by Gasteiger charge is -2.32. The van der Waals surface area contributed by atoms with Crippen molar-refractivity contribution in [3.8, 4) is 17.1 Å². The van der Waals surface area contributed by atoms with Gasteiger partial charge >= 0.3 is 6.09 Å². The Hall–Kier alpha value is -2.92. The Morgan fingerprint density at radius 1 is 1.20 bits per heavy atom. The molecular formula is C24H34N6O5. The van der Waals surface area contributed by atoms with Gasteiger partial charge in [0.2, 0.25) is 5.95 Å². The van der Waals surface area contributed by atoms with Crippen LogP contribution in [0.15, 0.2) is 12.3 Å². The van der Waals surface area contributed by atoms with Crippen molar-refractivity contribution in [2.45, 2.75) is 70.2 Å². The largest absolute Gasteiger partial charge is 0.488 e. The standard InChI is InChI=1S/C24H34N6O5/c1-24(2,3)35-23(32)29-7-4-15(5-8-29)17-12-18-21-20(34-11-9-30(18)28-17)13-25-22(27-21)26-16-6-10-33-14-19(16)31/h12-13,15-16,19,31H,4-11,14H2,1-3H3,(H,25,26,27)/t16-,19-/m1/s1. The highest BCUT2D eigenvalue weighted by atomic mass is 16.6. The van der Waals surface area contributed by atoms with Gasteiger partial charge in [0.15, 0.2) is 5.75 Å². The fourth-order valence-corrected chi connectivity index (χ4v) is 4.71. The van der Waals surface area contributed by atoms with Gasteiger partial charge in [0, 0.05) is 25.6 Å². The summed E-state index contributed by atoms with van der Waals surface area (Å²) in [5, 5.41) is 18.3. The topological polar surface area (TPSA) is 124 Å². The number of piperidine rings is 1. The zero-order valence-electron chi connectivity index (χ0n) is 20.6. The van der Waals surface area contributed by atoms with E-state index in [-0.39, 0.29) is 18.1 Å². The van der Waals surface area contributed by atoms with Crippen LogP contribution in [0.2, 0.25) is 0 Å². The summed E-state index contributed by atoms with van der Waals surface area (Å²) in [7, 11) is 0. The molecule has 0 aliphatic carbocycles. The van der Waals surface area contributed by atoms with Crippen molar-refractivity contribution in [3.05, 3.63) is 18.0 Å². The van der Waals surface area contributed by atoms with E-state index in [1.807, 2.05) is 25.5 Å². The van der Waals surface area contributed by atoms with Crippen LogP contribution in [-0.2, 0) is 16.0 Å². The van der Waals surface area contributed by atoms with Gasteiger partial charge in [0.05, 0.1) is 42.9 Å². The Labute approximate surface area is 204 Å². The van der Waals surface area contributed by atoms with Crippen molar-refractivity contribution in [2.24, 2.45) is 0 Å². The number of hydrogen-bond acceptors (Lipinski definition) is 9. The molecule has 0 saturated carbocycles. The van der Waals surface area contributed by atoms with E-state index in [4.69, 9.17) is 24.3 Å². The van der Waals surface area contributed by atoms with E-state index in [1.54, 1.807) is 11.1 Å². The number of nitrogens with zero attached hydrogens (tertiary/aromatic N) is 5. The number of carbonyl (C=O) groups is 1. The minimum atomic E-state index is -0.605. The summed E-state index contributed by atoms with van der Waals surface area (Å²) >= 11 is 0. The maximum Gasteiger partial charge on any atom is 0.410 e. The maximum absolute atomic E-state index is 12.4. The molecule has 0 radical (unpaired) electrons. The number of anilines is 1. The van der Waals surface area contributed by atoms with Gasteiger partial charge in [-0.15, -0.1) is 0 Å². The van der Waals surface area contributed by atoms with Crippen molar-refractivity contribution in [1.82, 2.24) is 24.6 Å². The van der Waals surface area contributed by atoms with Gasteiger partial charge in [-0.25, -0.2) is 14.8 Å². The molecule has 0 spiro atoms. The summed E-state index contributed by atoms with van der Waals surface area (Å²) in [5.74, 6) is 1.32. The molecule has 2 fully saturated rings. The van der Waals surface area contributed by atoms with Crippen LogP contribution < -0.4 is 10.1 Å². The average Bonchev–Trinajstić information content (AvgIpc) is 3.17. The summed E-state index contributed by atoms with van der Waals surface area (Å²) in [5.41, 5.74) is 2.08. The van der Waals surface area contributed by atoms with E-state index in [9.17, 15) is 9.90 Å². The van der Waals surface area contributed by atoms with Crippen LogP contribution >= 0.6 is 0 Å². The molecule has 5 heterocycles. The van der Waals surface area contributed by atoms with Gasteiger partial charge in [0.1, 0.15) is 17.9 Å². The molecule has 3 aliphatic rings. The van der Waals surface area contributed by atoms with Crippen molar-refractivity contribution in [3.63, 3.8) is 0 Å². The molecule has 1 amide bonds. The van der Waals surface area contributed by atoms with Gasteiger partial charge in [-0.05, 0) is 46.1 Å². The molecule has 11 nitrogen and oxygen atoms in total. The average molecular weight is 487 g/mol. The molecule has 0 aromatic carbocycles. The van der Waals surface area contributed by atoms with Gasteiger partial charge in [-0.1, -0.05) is 0 Å². The Bertz CT molecular complexity index is 1060. The number of aliphatic hydroxyl groups excluding tert-OH is 1. The Balaban J connectivity index is 1.31. The zero-order valence-corrected chi connectivity index (χ0v) is 20.6. The monoisotopic (exact) mass is 486 g/mol. The predicted molar refractivity (Wildman–Crippen MR) is 127 cm³/mol. The molecule has 2 atom stereocenters. The number of rotatable bonds is 3. The minimum absolute atomic E-state index is 0.163. The van der Waals surface area contributed by atoms with E-state index < -0.39 is 11.7 Å². The molecule has 2 aromatic rings. The summed E-state index contributed by atoms with van der Waals surface area (Å²) in [4.78, 5) is 23.3. The lowest BCUT2D eigenvalue weighted by atomic mass is 9.93. The second kappa shape index (κ2) is 9.62. The second-order valence-corrected chi connectivity index (χ2v) is 10.4. The summed E-state index contributed by atoms with van der Waals surface area (Å²) in [6.07, 6.45) is 3.16. The van der Waals surface area contributed by atoms with E-state index in [0.29, 0.717) is 63.3 Å². The SMILES string of the molecule is CC(C)(C)OC(=O)N1CCC(c2cc3n(n2)CCOc2cnc(N[C@@H]4CCOC[C@H]4O)nc2-3)CC1. The number of fused-ring (bicyclic) bond motifs is 3. The first kappa shape index (κ1) is 23.8. The summed E-state index contributed by atoms with van der Waals surface area (Å²) in [6.45, 7) is 8.92. The van der Waals surface area contributed by atoms with Crippen molar-refractivity contribution < 1.29 is 24.1 Å². The van der Waals surface area contributed by atoms with Crippen molar-refractivity contribution in [2.75, 3.05) is 38.2 Å². The molecule has 190 valence electrons. The van der Waals surface area contributed by atoms with Gasteiger partial charge in [0.25, 0.3) is 0 Å². The van der Waals surface area contributed by atoms with Crippen LogP contribution in [0.25, 0.3) is 11.4 Å². The second-order valence-electron chi connectivity index (χ2n) is 10.4. The minimum Gasteiger partial charge on any atom is -0.488 e. The number of ether oxygens (including phenoxy) is 3. The van der Waals surface area contributed by atoms with Crippen LogP contribution in [0.3, 0.4) is 0 Å². The molecule has 0 unspecified atom stereocenters. The smallest absolute Gasteiger partial charge is 0.410 e. The highest BCUT2D eigenvalue weighted by Gasteiger charge is 2.31. The number of likely N-dealkylation sites (tertiary alicyclic amines) is 1. The van der Waals surface area contributed by atoms with Crippen LogP contribution in [0.5, 0.6) is 5.75 Å². The zero-order chi connectivity index (χ0) is 24.6. The normalized spacial score (nSPS) is 23.0. The third kappa shape index (κ3) is 5.35. The fourth-order valence-electron chi connectivity index (χ4n) is 4.71. The first-order valence-electron chi connectivity index (χ1n) is 12.3. The van der Waals surface area contributed by atoms with Crippen molar-refractivity contribution in [1.29, 1.82) is 0 Å². The molecular weight excluding hydrogens is 452 g/mol. The lowest BCUT2D eigenvalue weighted by Crippen LogP contribution is -2.42. The number of amides is 1. The van der Waals surface area contributed by atoms with E-state index in [2.05, 4.69) is 16.4 Å². The molecule has 0 bridgehead atoms. The number of aliphatic hydroxyl groups is 1. The Kier molecular flexibility index (Phi) is 6.54. The van der Waals surface area contributed by atoms with Crippen LogP contribution in [0, 0.1) is 0 Å². The number of aromatic nitrogens is 4. The number of nitrogens with one attached hydrogen (secondary N) is 1. The van der Waals surface area contributed by atoms with Crippen molar-refractivity contribution >= 4 is 12.0 Å². The van der Waals surface area contributed by atoms with Gasteiger partial charge < -0.3 is 29.5 Å². The van der Waals surface area contributed by atoms with E-state index in [0.717, 1.165) is 24.2 Å². The number of carbonyl (C=O) groups excluding carboxylic acids is 1. The fraction of sp³-hybridized carbons (Fsp3) is 0.667.